The van der Waals surface area contributed by atoms with Crippen molar-refractivity contribution in [3.8, 4) is 0 Å². The minimum Gasteiger partial charge on any atom is -0.480 e. The standard InChI is InChI=1S/C10H20N2O4/c1-3-12(6-7-13)5-4-9(14)11-8(2)10(15)16/h8,13H,3-7H2,1-2H3,(H,11,14)(H,15,16). The summed E-state index contributed by atoms with van der Waals surface area (Å²) in [6, 6.07) is -0.861. The third-order valence-corrected chi connectivity index (χ3v) is 2.27. The summed E-state index contributed by atoms with van der Waals surface area (Å²) in [5, 5.41) is 19.7. The van der Waals surface area contributed by atoms with Crippen molar-refractivity contribution in [2.24, 2.45) is 0 Å². The molecule has 0 heterocycles. The van der Waals surface area contributed by atoms with Gasteiger partial charge in [0.15, 0.2) is 0 Å². The van der Waals surface area contributed by atoms with E-state index in [4.69, 9.17) is 10.2 Å². The maximum atomic E-state index is 11.3. The van der Waals surface area contributed by atoms with Crippen LogP contribution >= 0.6 is 0 Å². The number of carbonyl (C=O) groups is 2. The van der Waals surface area contributed by atoms with Crippen LogP contribution in [0.2, 0.25) is 0 Å². The van der Waals surface area contributed by atoms with Gasteiger partial charge in [-0.25, -0.2) is 0 Å². The van der Waals surface area contributed by atoms with E-state index in [1.165, 1.54) is 6.92 Å². The average molecular weight is 232 g/mol. The average Bonchev–Trinajstić information content (AvgIpc) is 2.23. The van der Waals surface area contributed by atoms with Crippen LogP contribution in [0, 0.1) is 0 Å². The van der Waals surface area contributed by atoms with E-state index in [2.05, 4.69) is 5.32 Å². The molecule has 0 aliphatic rings. The van der Waals surface area contributed by atoms with Crippen LogP contribution in [0.4, 0.5) is 0 Å². The zero-order valence-corrected chi connectivity index (χ0v) is 9.77. The highest BCUT2D eigenvalue weighted by Crippen LogP contribution is 1.92. The van der Waals surface area contributed by atoms with Gasteiger partial charge >= 0.3 is 5.97 Å². The van der Waals surface area contributed by atoms with Gasteiger partial charge in [0.25, 0.3) is 0 Å². The quantitative estimate of drug-likeness (QED) is 0.514. The molecule has 0 rings (SSSR count). The smallest absolute Gasteiger partial charge is 0.325 e. The van der Waals surface area contributed by atoms with E-state index in [0.717, 1.165) is 6.54 Å². The summed E-state index contributed by atoms with van der Waals surface area (Å²) in [7, 11) is 0. The van der Waals surface area contributed by atoms with Crippen LogP contribution in [0.3, 0.4) is 0 Å². The van der Waals surface area contributed by atoms with E-state index < -0.39 is 12.0 Å². The van der Waals surface area contributed by atoms with Crippen molar-refractivity contribution in [3.05, 3.63) is 0 Å². The predicted molar refractivity (Wildman–Crippen MR) is 59.1 cm³/mol. The molecule has 0 aliphatic heterocycles. The summed E-state index contributed by atoms with van der Waals surface area (Å²) in [6.07, 6.45) is 0.242. The molecule has 0 bridgehead atoms. The summed E-state index contributed by atoms with van der Waals surface area (Å²) < 4.78 is 0. The molecular weight excluding hydrogens is 212 g/mol. The lowest BCUT2D eigenvalue weighted by Crippen LogP contribution is -2.40. The summed E-state index contributed by atoms with van der Waals surface area (Å²) in [5.41, 5.74) is 0. The van der Waals surface area contributed by atoms with E-state index in [1.807, 2.05) is 11.8 Å². The summed E-state index contributed by atoms with van der Waals surface area (Å²) in [6.45, 7) is 5.22. The van der Waals surface area contributed by atoms with E-state index in [0.29, 0.717) is 13.1 Å². The lowest BCUT2D eigenvalue weighted by atomic mass is 10.3. The number of amides is 1. The van der Waals surface area contributed by atoms with Gasteiger partial charge < -0.3 is 20.4 Å². The minimum atomic E-state index is -1.05. The monoisotopic (exact) mass is 232 g/mol. The van der Waals surface area contributed by atoms with Crippen molar-refractivity contribution >= 4 is 11.9 Å². The molecule has 6 nitrogen and oxygen atoms in total. The van der Waals surface area contributed by atoms with Gasteiger partial charge in [0.1, 0.15) is 6.04 Å². The van der Waals surface area contributed by atoms with Crippen LogP contribution in [0.25, 0.3) is 0 Å². The zero-order chi connectivity index (χ0) is 12.6. The largest absolute Gasteiger partial charge is 0.480 e. The van der Waals surface area contributed by atoms with E-state index >= 15 is 0 Å². The van der Waals surface area contributed by atoms with Crippen LogP contribution in [-0.4, -0.2) is 59.3 Å². The Bertz CT molecular complexity index is 233. The van der Waals surface area contributed by atoms with E-state index in [-0.39, 0.29) is 18.9 Å². The third-order valence-electron chi connectivity index (χ3n) is 2.27. The molecule has 16 heavy (non-hydrogen) atoms. The predicted octanol–water partition coefficient (Wildman–Crippen LogP) is -0.720. The second kappa shape index (κ2) is 8.06. The number of aliphatic hydroxyl groups is 1. The van der Waals surface area contributed by atoms with Gasteiger partial charge in [0.05, 0.1) is 6.61 Å². The Morgan fingerprint density at radius 1 is 1.38 bits per heavy atom. The van der Waals surface area contributed by atoms with Crippen LogP contribution < -0.4 is 5.32 Å². The molecular formula is C10H20N2O4. The second-order valence-corrected chi connectivity index (χ2v) is 3.54. The van der Waals surface area contributed by atoms with Gasteiger partial charge in [-0.1, -0.05) is 6.92 Å². The minimum absolute atomic E-state index is 0.0565. The first kappa shape index (κ1) is 14.9. The van der Waals surface area contributed by atoms with Crippen LogP contribution in [0.1, 0.15) is 20.3 Å². The molecule has 0 aromatic carbocycles. The summed E-state index contributed by atoms with van der Waals surface area (Å²) in [4.78, 5) is 23.7. The van der Waals surface area contributed by atoms with Crippen molar-refractivity contribution in [2.75, 3.05) is 26.2 Å². The lowest BCUT2D eigenvalue weighted by molar-refractivity contribution is -0.141. The second-order valence-electron chi connectivity index (χ2n) is 3.54. The highest BCUT2D eigenvalue weighted by Gasteiger charge is 2.14. The number of hydrogen-bond donors (Lipinski definition) is 3. The Hall–Kier alpha value is -1.14. The summed E-state index contributed by atoms with van der Waals surface area (Å²) in [5.74, 6) is -1.33. The Kier molecular flexibility index (Phi) is 7.49. The van der Waals surface area contributed by atoms with E-state index in [1.54, 1.807) is 0 Å². The van der Waals surface area contributed by atoms with Crippen LogP contribution in [0.5, 0.6) is 0 Å². The number of nitrogens with zero attached hydrogens (tertiary/aromatic N) is 1. The highest BCUT2D eigenvalue weighted by atomic mass is 16.4. The first-order chi connectivity index (χ1) is 7.51. The molecule has 0 saturated carbocycles. The van der Waals surface area contributed by atoms with E-state index in [9.17, 15) is 9.59 Å². The summed E-state index contributed by atoms with van der Waals surface area (Å²) >= 11 is 0. The molecule has 3 N–H and O–H groups in total. The number of carboxylic acid groups (broad SMARTS) is 1. The molecule has 0 aromatic heterocycles. The first-order valence-electron chi connectivity index (χ1n) is 5.36. The molecule has 0 aromatic rings. The molecule has 1 amide bonds. The Morgan fingerprint density at radius 2 is 2.00 bits per heavy atom. The molecule has 6 heteroatoms. The number of hydrogen-bond acceptors (Lipinski definition) is 4. The normalized spacial score (nSPS) is 12.5. The molecule has 0 radical (unpaired) electrons. The SMILES string of the molecule is CCN(CCO)CCC(=O)NC(C)C(=O)O. The van der Waals surface area contributed by atoms with Crippen LogP contribution in [-0.2, 0) is 9.59 Å². The Morgan fingerprint density at radius 3 is 2.44 bits per heavy atom. The third kappa shape index (κ3) is 6.36. The maximum Gasteiger partial charge on any atom is 0.325 e. The fraction of sp³-hybridized carbons (Fsp3) is 0.800. The number of aliphatic carboxylic acids is 1. The number of rotatable bonds is 8. The maximum absolute atomic E-state index is 11.3. The number of nitrogens with one attached hydrogen (secondary N) is 1. The first-order valence-corrected chi connectivity index (χ1v) is 5.36. The van der Waals surface area contributed by atoms with Crippen molar-refractivity contribution in [1.82, 2.24) is 10.2 Å². The molecule has 0 fully saturated rings. The van der Waals surface area contributed by atoms with Crippen molar-refractivity contribution in [1.29, 1.82) is 0 Å². The number of aliphatic hydroxyl groups excluding tert-OH is 1. The highest BCUT2D eigenvalue weighted by molar-refractivity contribution is 5.83. The van der Waals surface area contributed by atoms with Gasteiger partial charge in [-0.15, -0.1) is 0 Å². The molecule has 0 spiro atoms. The lowest BCUT2D eigenvalue weighted by Gasteiger charge is -2.18. The van der Waals surface area contributed by atoms with Gasteiger partial charge in [-0.2, -0.15) is 0 Å². The van der Waals surface area contributed by atoms with Gasteiger partial charge in [-0.3, -0.25) is 9.59 Å². The van der Waals surface area contributed by atoms with Crippen molar-refractivity contribution in [2.45, 2.75) is 26.3 Å². The number of likely N-dealkylation sites (N-methyl/N-ethyl adjacent to an activating group) is 1. The molecule has 1 atom stereocenters. The van der Waals surface area contributed by atoms with Gasteiger partial charge in [0, 0.05) is 19.5 Å². The fourth-order valence-corrected chi connectivity index (χ4v) is 1.20. The number of carbonyl (C=O) groups excluding carboxylic acids is 1. The molecule has 0 saturated heterocycles. The van der Waals surface area contributed by atoms with Gasteiger partial charge in [-0.05, 0) is 13.5 Å². The zero-order valence-electron chi connectivity index (χ0n) is 9.77. The van der Waals surface area contributed by atoms with Gasteiger partial charge in [0.2, 0.25) is 5.91 Å². The Balaban J connectivity index is 3.83. The topological polar surface area (TPSA) is 89.9 Å². The molecule has 0 aliphatic carbocycles. The Labute approximate surface area is 95.2 Å². The van der Waals surface area contributed by atoms with Crippen molar-refractivity contribution < 1.29 is 19.8 Å². The van der Waals surface area contributed by atoms with Crippen molar-refractivity contribution in [3.63, 3.8) is 0 Å². The van der Waals surface area contributed by atoms with Crippen LogP contribution in [0.15, 0.2) is 0 Å². The molecule has 94 valence electrons. The fourth-order valence-electron chi connectivity index (χ4n) is 1.20. The number of carboxylic acids is 1. The molecule has 1 unspecified atom stereocenters.